The van der Waals surface area contributed by atoms with Crippen molar-refractivity contribution in [2.45, 2.75) is 25.8 Å². The normalized spacial score (nSPS) is 16.6. The molecular weight excluding hydrogens is 206 g/mol. The number of nitrogens with two attached hydrogens (primary N) is 1. The van der Waals surface area contributed by atoms with E-state index in [0.717, 1.165) is 0 Å². The number of nitrogens with one attached hydrogen (secondary N) is 2. The van der Waals surface area contributed by atoms with Crippen molar-refractivity contribution in [1.82, 2.24) is 15.5 Å². The average molecular weight is 221 g/mol. The van der Waals surface area contributed by atoms with Crippen molar-refractivity contribution in [3.05, 3.63) is 17.8 Å². The number of nitrogen functional groups attached to an aromatic ring is 1. The van der Waals surface area contributed by atoms with Gasteiger partial charge in [0.2, 0.25) is 0 Å². The van der Waals surface area contributed by atoms with Crippen LogP contribution >= 0.6 is 0 Å². The van der Waals surface area contributed by atoms with Crippen LogP contribution in [0.2, 0.25) is 0 Å². The summed E-state index contributed by atoms with van der Waals surface area (Å²) in [6.45, 7) is 2.01. The summed E-state index contributed by atoms with van der Waals surface area (Å²) in [5, 5.41) is 10.4. The van der Waals surface area contributed by atoms with E-state index in [4.69, 9.17) is 5.84 Å². The molecule has 0 saturated heterocycles. The first-order chi connectivity index (χ1) is 7.70. The first kappa shape index (κ1) is 10.8. The fourth-order valence-electron chi connectivity index (χ4n) is 1.53. The third-order valence-corrected chi connectivity index (χ3v) is 2.73. The van der Waals surface area contributed by atoms with Crippen LogP contribution in [0.4, 0.5) is 5.82 Å². The zero-order chi connectivity index (χ0) is 11.5. The predicted octanol–water partition coefficient (Wildman–Crippen LogP) is 0.290. The van der Waals surface area contributed by atoms with Crippen molar-refractivity contribution in [3.8, 4) is 0 Å². The molecule has 1 aliphatic carbocycles. The summed E-state index contributed by atoms with van der Waals surface area (Å²) >= 11 is 0. The van der Waals surface area contributed by atoms with Crippen LogP contribution in [0.15, 0.2) is 12.1 Å². The molecule has 6 nitrogen and oxygen atoms in total. The maximum atomic E-state index is 11.7. The smallest absolute Gasteiger partial charge is 0.272 e. The second kappa shape index (κ2) is 4.44. The van der Waals surface area contributed by atoms with Crippen LogP contribution in [-0.2, 0) is 0 Å². The van der Waals surface area contributed by atoms with Crippen molar-refractivity contribution in [1.29, 1.82) is 0 Å². The largest absolute Gasteiger partial charge is 0.348 e. The van der Waals surface area contributed by atoms with Crippen LogP contribution in [0.25, 0.3) is 0 Å². The molecule has 86 valence electrons. The first-order valence-corrected chi connectivity index (χ1v) is 5.32. The number of hydrogen-bond donors (Lipinski definition) is 3. The summed E-state index contributed by atoms with van der Waals surface area (Å²) in [5.74, 6) is 6.03. The second-order valence-corrected chi connectivity index (χ2v) is 4.05. The third kappa shape index (κ3) is 2.46. The number of hydrazine groups is 1. The summed E-state index contributed by atoms with van der Waals surface area (Å²) in [7, 11) is 0. The Kier molecular flexibility index (Phi) is 3.00. The maximum Gasteiger partial charge on any atom is 0.272 e. The Morgan fingerprint density at radius 2 is 2.25 bits per heavy atom. The summed E-state index contributed by atoms with van der Waals surface area (Å²) in [6, 6.07) is 3.42. The van der Waals surface area contributed by atoms with E-state index in [1.165, 1.54) is 12.8 Å². The van der Waals surface area contributed by atoms with Gasteiger partial charge >= 0.3 is 0 Å². The van der Waals surface area contributed by atoms with Gasteiger partial charge in [-0.05, 0) is 37.8 Å². The first-order valence-electron chi connectivity index (χ1n) is 5.32. The number of anilines is 1. The number of rotatable bonds is 4. The minimum absolute atomic E-state index is 0.185. The minimum atomic E-state index is -0.185. The molecule has 1 fully saturated rings. The zero-order valence-corrected chi connectivity index (χ0v) is 9.10. The minimum Gasteiger partial charge on any atom is -0.348 e. The highest BCUT2D eigenvalue weighted by atomic mass is 16.2. The lowest BCUT2D eigenvalue weighted by Crippen LogP contribution is -2.34. The Balaban J connectivity index is 1.96. The molecule has 0 bridgehead atoms. The number of hydrogen-bond acceptors (Lipinski definition) is 5. The van der Waals surface area contributed by atoms with E-state index < -0.39 is 0 Å². The summed E-state index contributed by atoms with van der Waals surface area (Å²) in [6.07, 6.45) is 2.40. The van der Waals surface area contributed by atoms with Gasteiger partial charge in [-0.2, -0.15) is 0 Å². The predicted molar refractivity (Wildman–Crippen MR) is 59.5 cm³/mol. The number of aromatic nitrogens is 2. The van der Waals surface area contributed by atoms with E-state index in [1.54, 1.807) is 12.1 Å². The number of carbonyl (C=O) groups excluding carboxylic acids is 1. The topological polar surface area (TPSA) is 92.9 Å². The van der Waals surface area contributed by atoms with Gasteiger partial charge in [0.05, 0.1) is 0 Å². The molecule has 0 aromatic carbocycles. The number of amides is 1. The van der Waals surface area contributed by atoms with Crippen LogP contribution in [0.1, 0.15) is 30.3 Å². The third-order valence-electron chi connectivity index (χ3n) is 2.73. The molecule has 0 spiro atoms. The van der Waals surface area contributed by atoms with E-state index >= 15 is 0 Å². The maximum absolute atomic E-state index is 11.7. The summed E-state index contributed by atoms with van der Waals surface area (Å²) in [4.78, 5) is 11.7. The van der Waals surface area contributed by atoms with Gasteiger partial charge in [0.1, 0.15) is 0 Å². The molecule has 1 aromatic heterocycles. The highest BCUT2D eigenvalue weighted by Crippen LogP contribution is 2.32. The van der Waals surface area contributed by atoms with Gasteiger partial charge < -0.3 is 10.7 Å². The monoisotopic (exact) mass is 221 g/mol. The molecule has 1 unspecified atom stereocenters. The molecule has 1 atom stereocenters. The highest BCUT2D eigenvalue weighted by Gasteiger charge is 2.29. The molecule has 0 aliphatic heterocycles. The Labute approximate surface area is 93.6 Å². The summed E-state index contributed by atoms with van der Waals surface area (Å²) < 4.78 is 0. The van der Waals surface area contributed by atoms with E-state index in [9.17, 15) is 4.79 Å². The van der Waals surface area contributed by atoms with Crippen molar-refractivity contribution < 1.29 is 4.79 Å². The molecule has 1 amide bonds. The Hall–Kier alpha value is -1.69. The molecule has 1 heterocycles. The van der Waals surface area contributed by atoms with Crippen LogP contribution in [-0.4, -0.2) is 22.1 Å². The lowest BCUT2D eigenvalue weighted by atomic mass is 10.2. The Bertz CT molecular complexity index is 373. The SMILES string of the molecule is CC(NC(=O)c1ccc(NN)nn1)C1CC1. The zero-order valence-electron chi connectivity index (χ0n) is 9.10. The van der Waals surface area contributed by atoms with E-state index in [2.05, 4.69) is 20.9 Å². The van der Waals surface area contributed by atoms with Crippen molar-refractivity contribution in [2.75, 3.05) is 5.43 Å². The molecule has 16 heavy (non-hydrogen) atoms. The second-order valence-electron chi connectivity index (χ2n) is 4.05. The van der Waals surface area contributed by atoms with Crippen LogP contribution in [0, 0.1) is 5.92 Å². The van der Waals surface area contributed by atoms with Crippen molar-refractivity contribution in [3.63, 3.8) is 0 Å². The van der Waals surface area contributed by atoms with Gasteiger partial charge in [0, 0.05) is 6.04 Å². The van der Waals surface area contributed by atoms with E-state index in [0.29, 0.717) is 17.4 Å². The molecule has 4 N–H and O–H groups in total. The summed E-state index contributed by atoms with van der Waals surface area (Å²) in [5.41, 5.74) is 2.67. The van der Waals surface area contributed by atoms with E-state index in [1.807, 2.05) is 6.92 Å². The fourth-order valence-corrected chi connectivity index (χ4v) is 1.53. The average Bonchev–Trinajstić information content (AvgIpc) is 3.13. The molecule has 1 aliphatic rings. The Morgan fingerprint density at radius 1 is 1.50 bits per heavy atom. The lowest BCUT2D eigenvalue weighted by Gasteiger charge is -2.11. The molecule has 0 radical (unpaired) electrons. The number of carbonyl (C=O) groups is 1. The highest BCUT2D eigenvalue weighted by molar-refractivity contribution is 5.92. The molecule has 6 heteroatoms. The Morgan fingerprint density at radius 3 is 2.75 bits per heavy atom. The molecule has 1 aromatic rings. The van der Waals surface area contributed by atoms with Gasteiger partial charge in [-0.25, -0.2) is 5.84 Å². The quantitative estimate of drug-likeness (QED) is 0.502. The van der Waals surface area contributed by atoms with Gasteiger partial charge in [-0.15, -0.1) is 10.2 Å². The van der Waals surface area contributed by atoms with Crippen molar-refractivity contribution in [2.24, 2.45) is 11.8 Å². The van der Waals surface area contributed by atoms with Gasteiger partial charge in [0.15, 0.2) is 11.5 Å². The number of nitrogens with zero attached hydrogens (tertiary/aromatic N) is 2. The van der Waals surface area contributed by atoms with Crippen LogP contribution in [0.3, 0.4) is 0 Å². The fraction of sp³-hybridized carbons (Fsp3) is 0.500. The van der Waals surface area contributed by atoms with E-state index in [-0.39, 0.29) is 11.9 Å². The standard InChI is InChI=1S/C10H15N5O/c1-6(7-2-3-7)12-10(16)8-4-5-9(13-11)15-14-8/h4-7H,2-3,11H2,1H3,(H,12,16)(H,13,15). The molecule has 1 saturated carbocycles. The van der Waals surface area contributed by atoms with Gasteiger partial charge in [0.25, 0.3) is 5.91 Å². The van der Waals surface area contributed by atoms with Crippen LogP contribution in [0.5, 0.6) is 0 Å². The molecule has 2 rings (SSSR count). The lowest BCUT2D eigenvalue weighted by molar-refractivity contribution is 0.0930. The van der Waals surface area contributed by atoms with Crippen LogP contribution < -0.4 is 16.6 Å². The van der Waals surface area contributed by atoms with Crippen molar-refractivity contribution >= 4 is 11.7 Å². The van der Waals surface area contributed by atoms with Gasteiger partial charge in [-0.3, -0.25) is 4.79 Å². The molecular formula is C10H15N5O. The van der Waals surface area contributed by atoms with Gasteiger partial charge in [-0.1, -0.05) is 0 Å².